The lowest BCUT2D eigenvalue weighted by molar-refractivity contribution is -0.113. The summed E-state index contributed by atoms with van der Waals surface area (Å²) in [5.41, 5.74) is 7.31. The van der Waals surface area contributed by atoms with Crippen molar-refractivity contribution in [1.29, 1.82) is 10.7 Å². The number of carbonyl (C=O) groups is 1. The third kappa shape index (κ3) is 8.89. The molecule has 1 aromatic heterocycles. The van der Waals surface area contributed by atoms with Gasteiger partial charge in [0.25, 0.3) is 0 Å². The molecular formula is C42H47Cl2N7O3. The number of nitriles is 1. The molecule has 1 spiro atoms. The minimum Gasteiger partial charge on any atom is -0.489 e. The van der Waals surface area contributed by atoms with Gasteiger partial charge >= 0.3 is 0 Å². The van der Waals surface area contributed by atoms with Crippen LogP contribution in [0.3, 0.4) is 0 Å². The Balaban J connectivity index is 1.23. The number of aromatic nitrogens is 1. The molecule has 3 heterocycles. The quantitative estimate of drug-likeness (QED) is 0.0887. The number of aldehydes is 1. The van der Waals surface area contributed by atoms with Crippen molar-refractivity contribution in [2.45, 2.75) is 51.4 Å². The third-order valence-electron chi connectivity index (χ3n) is 11.1. The number of halogens is 2. The first-order chi connectivity index (χ1) is 26.2. The van der Waals surface area contributed by atoms with Crippen LogP contribution < -0.4 is 15.0 Å². The van der Waals surface area contributed by atoms with Crippen LogP contribution in [0.1, 0.15) is 53.5 Å². The van der Waals surface area contributed by atoms with E-state index in [2.05, 4.69) is 45.4 Å². The molecule has 282 valence electrons. The molecule has 2 aliphatic heterocycles. The smallest absolute Gasteiger partial charge is 0.139 e. The van der Waals surface area contributed by atoms with Gasteiger partial charge in [-0.3, -0.25) is 9.88 Å². The Morgan fingerprint density at radius 3 is 2.48 bits per heavy atom. The average Bonchev–Trinajstić information content (AvgIpc) is 3.19. The molecule has 1 atom stereocenters. The number of ether oxygens (including phenoxy) is 1. The van der Waals surface area contributed by atoms with Crippen molar-refractivity contribution in [3.8, 4) is 22.9 Å². The zero-order valence-corrected chi connectivity index (χ0v) is 32.3. The van der Waals surface area contributed by atoms with Crippen molar-refractivity contribution in [3.05, 3.63) is 105 Å². The molecule has 1 unspecified atom stereocenters. The van der Waals surface area contributed by atoms with E-state index < -0.39 is 6.04 Å². The van der Waals surface area contributed by atoms with Gasteiger partial charge in [-0.1, -0.05) is 47.5 Å². The van der Waals surface area contributed by atoms with Gasteiger partial charge in [-0.25, -0.2) is 0 Å². The number of likely N-dealkylation sites (tertiary alicyclic amines) is 1. The fourth-order valence-corrected chi connectivity index (χ4v) is 8.18. The van der Waals surface area contributed by atoms with Crippen LogP contribution >= 0.6 is 23.2 Å². The van der Waals surface area contributed by atoms with Gasteiger partial charge in [0.15, 0.2) is 0 Å². The van der Waals surface area contributed by atoms with Crippen molar-refractivity contribution < 1.29 is 14.6 Å². The Hall–Kier alpha value is -4.50. The fourth-order valence-electron chi connectivity index (χ4n) is 7.58. The average molecular weight is 769 g/mol. The Morgan fingerprint density at radius 1 is 1.06 bits per heavy atom. The van der Waals surface area contributed by atoms with Crippen molar-refractivity contribution in [3.63, 3.8) is 0 Å². The second-order valence-electron chi connectivity index (χ2n) is 14.5. The highest BCUT2D eigenvalue weighted by Gasteiger charge is 2.37. The molecule has 3 N–H and O–H groups in total. The van der Waals surface area contributed by atoms with Crippen molar-refractivity contribution in [2.75, 3.05) is 57.1 Å². The number of likely N-dealkylation sites (N-methyl/N-ethyl adjacent to an activating group) is 1. The number of rotatable bonds is 14. The topological polar surface area (TPSA) is 129 Å². The van der Waals surface area contributed by atoms with E-state index in [1.165, 1.54) is 51.2 Å². The Bertz CT molecular complexity index is 2000. The van der Waals surface area contributed by atoms with E-state index in [9.17, 15) is 15.2 Å². The molecule has 10 nitrogen and oxygen atoms in total. The number of aliphatic hydroxyl groups excluding tert-OH is 1. The monoisotopic (exact) mass is 767 g/mol. The van der Waals surface area contributed by atoms with Gasteiger partial charge in [-0.2, -0.15) is 5.26 Å². The number of pyridine rings is 1. The van der Waals surface area contributed by atoms with Gasteiger partial charge in [0.2, 0.25) is 0 Å². The number of anilines is 2. The summed E-state index contributed by atoms with van der Waals surface area (Å²) in [6, 6.07) is 18.9. The highest BCUT2D eigenvalue weighted by Crippen LogP contribution is 2.45. The molecule has 6 rings (SSSR count). The molecule has 0 aliphatic carbocycles. The summed E-state index contributed by atoms with van der Waals surface area (Å²) >= 11 is 14.1. The van der Waals surface area contributed by atoms with Gasteiger partial charge in [-0.05, 0) is 99.7 Å². The van der Waals surface area contributed by atoms with Crippen molar-refractivity contribution in [1.82, 2.24) is 14.8 Å². The van der Waals surface area contributed by atoms with Crippen molar-refractivity contribution >= 4 is 47.1 Å². The van der Waals surface area contributed by atoms with Gasteiger partial charge in [-0.15, -0.1) is 0 Å². The molecule has 0 radical (unpaired) electrons. The summed E-state index contributed by atoms with van der Waals surface area (Å²) in [4.78, 5) is 22.3. The SMILES string of the molecule is CN1CCC2(CC1)CCN(c1cccc(-c3cccc(NCc4cc(OCc5cncc(C#N)c5)c(CN(C)C(C=O)CO)cc4Cl)c3C=N)c1Cl)CC2. The van der Waals surface area contributed by atoms with Crippen LogP contribution in [0.4, 0.5) is 11.4 Å². The number of carbonyl (C=O) groups excluding carboxylic acids is 1. The number of nitrogens with one attached hydrogen (secondary N) is 2. The third-order valence-corrected chi connectivity index (χ3v) is 11.8. The van der Waals surface area contributed by atoms with Gasteiger partial charge in [0, 0.05) is 77.8 Å². The lowest BCUT2D eigenvalue weighted by atomic mass is 9.71. The van der Waals surface area contributed by atoms with E-state index in [1.54, 1.807) is 24.2 Å². The summed E-state index contributed by atoms with van der Waals surface area (Å²) in [6.45, 7) is 4.75. The molecule has 0 saturated carbocycles. The first-order valence-electron chi connectivity index (χ1n) is 18.3. The van der Waals surface area contributed by atoms with E-state index >= 15 is 0 Å². The second-order valence-corrected chi connectivity index (χ2v) is 15.3. The largest absolute Gasteiger partial charge is 0.489 e. The second kappa shape index (κ2) is 17.8. The molecule has 0 bridgehead atoms. The van der Waals surface area contributed by atoms with Crippen LogP contribution in [0.2, 0.25) is 10.0 Å². The first kappa shape index (κ1) is 39.2. The molecule has 12 heteroatoms. The summed E-state index contributed by atoms with van der Waals surface area (Å²) < 4.78 is 6.28. The molecule has 4 aromatic rings. The highest BCUT2D eigenvalue weighted by atomic mass is 35.5. The van der Waals surface area contributed by atoms with Gasteiger partial charge < -0.3 is 35.2 Å². The Morgan fingerprint density at radius 2 is 1.78 bits per heavy atom. The highest BCUT2D eigenvalue weighted by molar-refractivity contribution is 6.36. The summed E-state index contributed by atoms with van der Waals surface area (Å²) in [5, 5.41) is 32.2. The number of hydrogen-bond donors (Lipinski definition) is 3. The summed E-state index contributed by atoms with van der Waals surface area (Å²) in [6.07, 6.45) is 10.1. The molecule has 2 aliphatic rings. The van der Waals surface area contributed by atoms with Crippen molar-refractivity contribution in [2.24, 2.45) is 5.41 Å². The van der Waals surface area contributed by atoms with Gasteiger partial charge in [0.05, 0.1) is 28.9 Å². The molecule has 3 aromatic carbocycles. The molecule has 0 amide bonds. The van der Waals surface area contributed by atoms with E-state index in [1.807, 2.05) is 36.4 Å². The maximum atomic E-state index is 11.6. The lowest BCUT2D eigenvalue weighted by Gasteiger charge is -2.47. The number of nitrogens with zero attached hydrogens (tertiary/aromatic N) is 5. The molecule has 2 fully saturated rings. The fraction of sp³-hybridized carbons (Fsp3) is 0.381. The zero-order valence-electron chi connectivity index (χ0n) is 30.8. The normalized spacial score (nSPS) is 16.2. The van der Waals surface area contributed by atoms with Crippen LogP contribution in [0.25, 0.3) is 11.1 Å². The van der Waals surface area contributed by atoms with Crippen LogP contribution in [-0.4, -0.2) is 85.3 Å². The number of aliphatic hydroxyl groups is 1. The van der Waals surface area contributed by atoms with Crippen LogP contribution in [0.5, 0.6) is 5.75 Å². The van der Waals surface area contributed by atoms with E-state index in [0.29, 0.717) is 51.7 Å². The maximum Gasteiger partial charge on any atom is 0.139 e. The number of piperidine rings is 2. The minimum atomic E-state index is -0.688. The number of benzene rings is 3. The van der Waals surface area contributed by atoms with Gasteiger partial charge in [0.1, 0.15) is 24.7 Å². The predicted octanol–water partition coefficient (Wildman–Crippen LogP) is 7.42. The summed E-state index contributed by atoms with van der Waals surface area (Å²) in [7, 11) is 3.96. The number of hydrogen-bond acceptors (Lipinski definition) is 10. The van der Waals surface area contributed by atoms with E-state index in [0.717, 1.165) is 52.3 Å². The first-order valence-corrected chi connectivity index (χ1v) is 19.1. The minimum absolute atomic E-state index is 0.153. The lowest BCUT2D eigenvalue weighted by Crippen LogP contribution is -2.46. The standard InChI is InChI=1S/C42H47Cl2N7O3/c1-49-13-9-42(10-14-49)11-15-51(16-12-42)39-8-4-6-35(41(39)44)34-5-3-7-38(36(34)21-46)48-24-31-19-40(54-28-30-17-29(20-45)22-47-23-30)32(18-37(31)43)25-50(2)33(26-52)27-53/h3-8,17-19,21-23,26,33,46,48,53H,9-16,24-25,27-28H2,1-2H3. The summed E-state index contributed by atoms with van der Waals surface area (Å²) in [5.74, 6) is 0.539. The Labute approximate surface area is 327 Å². The van der Waals surface area contributed by atoms with E-state index in [4.69, 9.17) is 33.3 Å². The van der Waals surface area contributed by atoms with E-state index in [-0.39, 0.29) is 13.2 Å². The van der Waals surface area contributed by atoms with Crippen LogP contribution in [0, 0.1) is 22.2 Å². The maximum absolute atomic E-state index is 11.6. The Kier molecular flexibility index (Phi) is 12.9. The molecule has 54 heavy (non-hydrogen) atoms. The zero-order chi connectivity index (χ0) is 38.2. The molecule has 2 saturated heterocycles. The molecular weight excluding hydrogens is 721 g/mol. The predicted molar refractivity (Wildman–Crippen MR) is 216 cm³/mol. The van der Waals surface area contributed by atoms with Crippen LogP contribution in [0.15, 0.2) is 67.0 Å². The van der Waals surface area contributed by atoms with Crippen LogP contribution in [-0.2, 0) is 24.5 Å².